The minimum absolute atomic E-state index is 0.0824. The largest absolute Gasteiger partial charge is 0.461 e. The van der Waals surface area contributed by atoms with Crippen LogP contribution in [0.25, 0.3) is 11.6 Å². The first-order chi connectivity index (χ1) is 16.7. The van der Waals surface area contributed by atoms with Gasteiger partial charge in [-0.25, -0.2) is 0 Å². The Labute approximate surface area is 200 Å². The molecule has 0 unspecified atom stereocenters. The average molecular weight is 474 g/mol. The molecule has 9 heteroatoms. The summed E-state index contributed by atoms with van der Waals surface area (Å²) in [5.74, 6) is 1.13. The lowest BCUT2D eigenvalue weighted by atomic mass is 10.2. The lowest BCUT2D eigenvalue weighted by Crippen LogP contribution is -2.25. The number of aromatic nitrogens is 3. The van der Waals surface area contributed by atoms with Gasteiger partial charge in [0.15, 0.2) is 10.9 Å². The second-order valence-corrected chi connectivity index (χ2v) is 8.96. The fourth-order valence-corrected chi connectivity index (χ4v) is 4.16. The Morgan fingerprint density at radius 3 is 2.50 bits per heavy atom. The van der Waals surface area contributed by atoms with Crippen LogP contribution in [-0.2, 0) is 11.3 Å². The first-order valence-electron chi connectivity index (χ1n) is 11.0. The number of rotatable bonds is 9. The highest BCUT2D eigenvalue weighted by Gasteiger charge is 2.23. The number of hydrogen-bond donors (Lipinski definition) is 2. The lowest BCUT2D eigenvalue weighted by molar-refractivity contribution is -0.113. The summed E-state index contributed by atoms with van der Waals surface area (Å²) in [7, 11) is 0. The van der Waals surface area contributed by atoms with Crippen molar-refractivity contribution in [3.05, 3.63) is 84.1 Å². The molecule has 0 bridgehead atoms. The summed E-state index contributed by atoms with van der Waals surface area (Å²) in [6.45, 7) is 0.554. The molecule has 1 fully saturated rings. The molecule has 0 saturated heterocycles. The molecule has 0 aliphatic heterocycles. The lowest BCUT2D eigenvalue weighted by Gasteiger charge is -2.10. The molecular formula is C25H23N5O3S. The molecule has 0 radical (unpaired) electrons. The zero-order valence-corrected chi connectivity index (χ0v) is 19.1. The van der Waals surface area contributed by atoms with E-state index in [1.54, 1.807) is 36.6 Å². The molecule has 5 rings (SSSR count). The van der Waals surface area contributed by atoms with E-state index in [0.29, 0.717) is 40.6 Å². The highest BCUT2D eigenvalue weighted by Crippen LogP contribution is 2.26. The molecule has 8 nitrogen and oxygen atoms in total. The van der Waals surface area contributed by atoms with Gasteiger partial charge in [0.25, 0.3) is 5.91 Å². The third kappa shape index (κ3) is 5.37. The van der Waals surface area contributed by atoms with Crippen molar-refractivity contribution >= 4 is 29.3 Å². The fraction of sp³-hybridized carbons (Fsp3) is 0.200. The maximum atomic E-state index is 12.6. The molecule has 2 aromatic carbocycles. The van der Waals surface area contributed by atoms with Gasteiger partial charge in [-0.3, -0.25) is 14.2 Å². The minimum Gasteiger partial charge on any atom is -0.461 e. The molecule has 2 heterocycles. The van der Waals surface area contributed by atoms with E-state index in [4.69, 9.17) is 4.42 Å². The van der Waals surface area contributed by atoms with Crippen LogP contribution in [0, 0.1) is 0 Å². The van der Waals surface area contributed by atoms with Gasteiger partial charge in [0, 0.05) is 17.3 Å². The minimum atomic E-state index is -0.172. The monoisotopic (exact) mass is 473 g/mol. The van der Waals surface area contributed by atoms with Gasteiger partial charge in [0.2, 0.25) is 11.7 Å². The number of thioether (sulfide) groups is 1. The van der Waals surface area contributed by atoms with Crippen molar-refractivity contribution in [2.45, 2.75) is 30.6 Å². The number of anilines is 1. The van der Waals surface area contributed by atoms with Crippen LogP contribution in [0.3, 0.4) is 0 Å². The van der Waals surface area contributed by atoms with Crippen molar-refractivity contribution in [1.29, 1.82) is 0 Å². The average Bonchev–Trinajstić information content (AvgIpc) is 3.33. The van der Waals surface area contributed by atoms with Gasteiger partial charge in [0.05, 0.1) is 18.6 Å². The molecule has 2 N–H and O–H groups in total. The molecule has 1 aliphatic rings. The van der Waals surface area contributed by atoms with Crippen LogP contribution in [0.2, 0.25) is 0 Å². The molecule has 1 aliphatic carbocycles. The summed E-state index contributed by atoms with van der Waals surface area (Å²) < 4.78 is 7.47. The molecule has 4 aromatic rings. The SMILES string of the molecule is O=C(CSc1nnc(-c2ccco2)n1Cc1ccccc1)Nc1ccc(C(=O)NC2CC2)cc1. The van der Waals surface area contributed by atoms with Crippen LogP contribution in [0.15, 0.2) is 82.6 Å². The number of benzene rings is 2. The Kier molecular flexibility index (Phi) is 6.44. The van der Waals surface area contributed by atoms with Crippen LogP contribution < -0.4 is 10.6 Å². The van der Waals surface area contributed by atoms with Crippen LogP contribution >= 0.6 is 11.8 Å². The van der Waals surface area contributed by atoms with Crippen LogP contribution in [-0.4, -0.2) is 38.4 Å². The van der Waals surface area contributed by atoms with E-state index in [-0.39, 0.29) is 17.6 Å². The fourth-order valence-electron chi connectivity index (χ4n) is 3.42. The van der Waals surface area contributed by atoms with Gasteiger partial charge in [0.1, 0.15) is 0 Å². The van der Waals surface area contributed by atoms with Crippen molar-refractivity contribution in [3.8, 4) is 11.6 Å². The van der Waals surface area contributed by atoms with E-state index < -0.39 is 0 Å². The summed E-state index contributed by atoms with van der Waals surface area (Å²) in [5, 5.41) is 15.0. The first-order valence-corrected chi connectivity index (χ1v) is 12.0. The van der Waals surface area contributed by atoms with Gasteiger partial charge >= 0.3 is 0 Å². The molecular weight excluding hydrogens is 450 g/mol. The predicted molar refractivity (Wildman–Crippen MR) is 130 cm³/mol. The van der Waals surface area contributed by atoms with Crippen molar-refractivity contribution < 1.29 is 14.0 Å². The summed E-state index contributed by atoms with van der Waals surface area (Å²) >= 11 is 1.31. The van der Waals surface area contributed by atoms with E-state index in [1.807, 2.05) is 41.0 Å². The van der Waals surface area contributed by atoms with Crippen molar-refractivity contribution in [2.24, 2.45) is 0 Å². The second kappa shape index (κ2) is 9.96. The van der Waals surface area contributed by atoms with Crippen molar-refractivity contribution in [1.82, 2.24) is 20.1 Å². The maximum absolute atomic E-state index is 12.6. The Balaban J connectivity index is 1.23. The van der Waals surface area contributed by atoms with Gasteiger partial charge in [-0.2, -0.15) is 0 Å². The van der Waals surface area contributed by atoms with Crippen molar-refractivity contribution in [2.75, 3.05) is 11.1 Å². The third-order valence-electron chi connectivity index (χ3n) is 5.32. The Morgan fingerprint density at radius 1 is 1.00 bits per heavy atom. The number of hydrogen-bond acceptors (Lipinski definition) is 6. The number of carbonyl (C=O) groups excluding carboxylic acids is 2. The third-order valence-corrected chi connectivity index (χ3v) is 6.28. The van der Waals surface area contributed by atoms with Gasteiger partial charge in [-0.1, -0.05) is 42.1 Å². The Bertz CT molecular complexity index is 1270. The maximum Gasteiger partial charge on any atom is 0.251 e. The number of nitrogens with one attached hydrogen (secondary N) is 2. The zero-order valence-electron chi connectivity index (χ0n) is 18.3. The second-order valence-electron chi connectivity index (χ2n) is 8.02. The molecule has 0 spiro atoms. The van der Waals surface area contributed by atoms with Crippen LogP contribution in [0.4, 0.5) is 5.69 Å². The predicted octanol–water partition coefficient (Wildman–Crippen LogP) is 4.21. The van der Waals surface area contributed by atoms with Gasteiger partial charge < -0.3 is 15.1 Å². The Hall–Kier alpha value is -3.85. The summed E-state index contributed by atoms with van der Waals surface area (Å²) in [6, 6.07) is 20.8. The summed E-state index contributed by atoms with van der Waals surface area (Å²) in [5.41, 5.74) is 2.31. The van der Waals surface area contributed by atoms with E-state index in [9.17, 15) is 9.59 Å². The number of amides is 2. The molecule has 34 heavy (non-hydrogen) atoms. The van der Waals surface area contributed by atoms with E-state index >= 15 is 0 Å². The summed E-state index contributed by atoms with van der Waals surface area (Å²) in [6.07, 6.45) is 3.68. The van der Waals surface area contributed by atoms with Gasteiger partial charge in [-0.15, -0.1) is 10.2 Å². The number of furan rings is 1. The first kappa shape index (κ1) is 22.0. The van der Waals surface area contributed by atoms with Gasteiger partial charge in [-0.05, 0) is 54.8 Å². The summed E-state index contributed by atoms with van der Waals surface area (Å²) in [4.78, 5) is 24.7. The highest BCUT2D eigenvalue weighted by molar-refractivity contribution is 7.99. The quantitative estimate of drug-likeness (QED) is 0.353. The zero-order chi connectivity index (χ0) is 23.3. The molecule has 0 atom stereocenters. The Morgan fingerprint density at radius 2 is 1.79 bits per heavy atom. The molecule has 2 amide bonds. The molecule has 2 aromatic heterocycles. The topological polar surface area (TPSA) is 102 Å². The standard InChI is InChI=1S/C25H23N5O3S/c31-22(26-19-10-8-18(9-11-19)24(32)27-20-12-13-20)16-34-25-29-28-23(21-7-4-14-33-21)30(25)15-17-5-2-1-3-6-17/h1-11,14,20H,12-13,15-16H2,(H,26,31)(H,27,32). The normalized spacial score (nSPS) is 12.9. The van der Waals surface area contributed by atoms with E-state index in [0.717, 1.165) is 18.4 Å². The van der Waals surface area contributed by atoms with Crippen LogP contribution in [0.1, 0.15) is 28.8 Å². The smallest absolute Gasteiger partial charge is 0.251 e. The molecule has 1 saturated carbocycles. The van der Waals surface area contributed by atoms with Crippen molar-refractivity contribution in [3.63, 3.8) is 0 Å². The molecule has 172 valence electrons. The number of nitrogens with zero attached hydrogens (tertiary/aromatic N) is 3. The van der Waals surface area contributed by atoms with E-state index in [1.165, 1.54) is 11.8 Å². The highest BCUT2D eigenvalue weighted by atomic mass is 32.2. The van der Waals surface area contributed by atoms with Crippen LogP contribution in [0.5, 0.6) is 0 Å². The van der Waals surface area contributed by atoms with E-state index in [2.05, 4.69) is 20.8 Å². The number of carbonyl (C=O) groups is 2.